The summed E-state index contributed by atoms with van der Waals surface area (Å²) >= 11 is 13.9. The van der Waals surface area contributed by atoms with Crippen molar-refractivity contribution < 1.29 is 9.53 Å². The van der Waals surface area contributed by atoms with E-state index in [-0.39, 0.29) is 12.5 Å². The van der Waals surface area contributed by atoms with E-state index in [1.165, 1.54) is 0 Å². The van der Waals surface area contributed by atoms with Crippen LogP contribution < -0.4 is 10.1 Å². The van der Waals surface area contributed by atoms with Crippen molar-refractivity contribution in [2.45, 2.75) is 0 Å². The van der Waals surface area contributed by atoms with Gasteiger partial charge in [-0.25, -0.2) is 0 Å². The molecular weight excluding hydrogens is 412 g/mol. The molecule has 0 fully saturated rings. The Hall–Kier alpha value is -0.980. The van der Waals surface area contributed by atoms with Crippen molar-refractivity contribution in [3.05, 3.63) is 56.1 Å². The highest BCUT2D eigenvalue weighted by molar-refractivity contribution is 14.1. The van der Waals surface area contributed by atoms with Crippen LogP contribution >= 0.6 is 45.8 Å². The van der Waals surface area contributed by atoms with Crippen molar-refractivity contribution in [1.82, 2.24) is 0 Å². The molecular formula is C14H10Cl2INO2. The fraction of sp³-hybridized carbons (Fsp3) is 0.0714. The van der Waals surface area contributed by atoms with Crippen molar-refractivity contribution in [3.8, 4) is 5.75 Å². The van der Waals surface area contributed by atoms with Crippen molar-refractivity contribution in [2.24, 2.45) is 0 Å². The lowest BCUT2D eigenvalue weighted by molar-refractivity contribution is -0.118. The fourth-order valence-corrected chi connectivity index (χ4v) is 2.11. The molecule has 1 N–H and O–H groups in total. The van der Waals surface area contributed by atoms with Crippen LogP contribution in [0.25, 0.3) is 0 Å². The number of amides is 1. The van der Waals surface area contributed by atoms with Crippen LogP contribution in [0.15, 0.2) is 42.5 Å². The summed E-state index contributed by atoms with van der Waals surface area (Å²) in [6, 6.07) is 12.3. The van der Waals surface area contributed by atoms with Gasteiger partial charge in [-0.05, 0) is 65.1 Å². The molecule has 1 amide bonds. The first-order chi connectivity index (χ1) is 9.54. The van der Waals surface area contributed by atoms with Gasteiger partial charge in [-0.15, -0.1) is 0 Å². The summed E-state index contributed by atoms with van der Waals surface area (Å²) in [5.74, 6) is 0.386. The Kier molecular flexibility index (Phi) is 5.51. The van der Waals surface area contributed by atoms with Crippen LogP contribution in [-0.2, 0) is 4.79 Å². The number of benzene rings is 2. The van der Waals surface area contributed by atoms with Crippen LogP contribution in [0.5, 0.6) is 5.75 Å². The minimum Gasteiger partial charge on any atom is -0.484 e. The van der Waals surface area contributed by atoms with E-state index in [0.29, 0.717) is 21.5 Å². The summed E-state index contributed by atoms with van der Waals surface area (Å²) in [5, 5.41) is 3.52. The van der Waals surface area contributed by atoms with Crippen molar-refractivity contribution >= 4 is 57.4 Å². The average Bonchev–Trinajstić information content (AvgIpc) is 2.42. The summed E-state index contributed by atoms with van der Waals surface area (Å²) in [5.41, 5.74) is 0.579. The maximum absolute atomic E-state index is 11.7. The van der Waals surface area contributed by atoms with Gasteiger partial charge >= 0.3 is 0 Å². The summed E-state index contributed by atoms with van der Waals surface area (Å²) in [7, 11) is 0. The normalized spacial score (nSPS) is 10.2. The third kappa shape index (κ3) is 4.54. The Bertz CT molecular complexity index is 617. The summed E-state index contributed by atoms with van der Waals surface area (Å²) < 4.78 is 6.48. The third-order valence-electron chi connectivity index (χ3n) is 2.39. The minimum absolute atomic E-state index is 0.0686. The second-order valence-electron chi connectivity index (χ2n) is 3.92. The van der Waals surface area contributed by atoms with Gasteiger partial charge in [-0.2, -0.15) is 0 Å². The molecule has 0 saturated carbocycles. The Morgan fingerprint density at radius 1 is 1.10 bits per heavy atom. The molecule has 0 bridgehead atoms. The molecule has 0 saturated heterocycles. The van der Waals surface area contributed by atoms with E-state index in [9.17, 15) is 4.79 Å². The molecule has 0 aromatic heterocycles. The molecule has 2 rings (SSSR count). The van der Waals surface area contributed by atoms with Gasteiger partial charge in [-0.3, -0.25) is 4.79 Å². The highest BCUT2D eigenvalue weighted by atomic mass is 127. The van der Waals surface area contributed by atoms with E-state index < -0.39 is 0 Å². The molecule has 6 heteroatoms. The Balaban J connectivity index is 1.89. The summed E-state index contributed by atoms with van der Waals surface area (Å²) in [6.07, 6.45) is 0. The Labute approximate surface area is 140 Å². The zero-order valence-corrected chi connectivity index (χ0v) is 13.9. The van der Waals surface area contributed by atoms with Gasteiger partial charge in [0.05, 0.1) is 10.0 Å². The van der Waals surface area contributed by atoms with Gasteiger partial charge < -0.3 is 10.1 Å². The smallest absolute Gasteiger partial charge is 0.262 e. The standard InChI is InChI=1S/C14H10Cl2INO2/c15-12-6-3-10(7-13(12)16)18-14(19)8-20-11-4-1-9(17)2-5-11/h1-7H,8H2,(H,18,19). The molecule has 20 heavy (non-hydrogen) atoms. The van der Waals surface area contributed by atoms with Crippen LogP contribution in [0.1, 0.15) is 0 Å². The number of rotatable bonds is 4. The highest BCUT2D eigenvalue weighted by Gasteiger charge is 2.05. The molecule has 0 aliphatic rings. The number of carbonyl (C=O) groups excluding carboxylic acids is 1. The Morgan fingerprint density at radius 3 is 2.45 bits per heavy atom. The van der Waals surface area contributed by atoms with Crippen LogP contribution in [0, 0.1) is 3.57 Å². The number of nitrogens with one attached hydrogen (secondary N) is 1. The van der Waals surface area contributed by atoms with E-state index in [2.05, 4.69) is 27.9 Å². The second-order valence-corrected chi connectivity index (χ2v) is 5.98. The maximum Gasteiger partial charge on any atom is 0.262 e. The van der Waals surface area contributed by atoms with E-state index in [1.807, 2.05) is 24.3 Å². The molecule has 0 heterocycles. The zero-order chi connectivity index (χ0) is 14.5. The lowest BCUT2D eigenvalue weighted by Gasteiger charge is -2.08. The third-order valence-corrected chi connectivity index (χ3v) is 3.85. The van der Waals surface area contributed by atoms with E-state index >= 15 is 0 Å². The lowest BCUT2D eigenvalue weighted by Crippen LogP contribution is -2.20. The van der Waals surface area contributed by atoms with Gasteiger partial charge in [0, 0.05) is 9.26 Å². The quantitative estimate of drug-likeness (QED) is 0.731. The maximum atomic E-state index is 11.7. The largest absolute Gasteiger partial charge is 0.484 e. The van der Waals surface area contributed by atoms with Crippen LogP contribution in [0.2, 0.25) is 10.0 Å². The van der Waals surface area contributed by atoms with Crippen molar-refractivity contribution in [3.63, 3.8) is 0 Å². The van der Waals surface area contributed by atoms with Crippen LogP contribution in [0.3, 0.4) is 0 Å². The SMILES string of the molecule is O=C(COc1ccc(I)cc1)Nc1ccc(Cl)c(Cl)c1. The topological polar surface area (TPSA) is 38.3 Å². The second kappa shape index (κ2) is 7.15. The van der Waals surface area contributed by atoms with E-state index in [0.717, 1.165) is 3.57 Å². The molecule has 0 spiro atoms. The molecule has 2 aromatic carbocycles. The number of carbonyl (C=O) groups is 1. The molecule has 104 valence electrons. The van der Waals surface area contributed by atoms with Crippen molar-refractivity contribution in [2.75, 3.05) is 11.9 Å². The van der Waals surface area contributed by atoms with Crippen molar-refractivity contribution in [1.29, 1.82) is 0 Å². The first kappa shape index (κ1) is 15.4. The minimum atomic E-state index is -0.262. The zero-order valence-electron chi connectivity index (χ0n) is 10.2. The van der Waals surface area contributed by atoms with Gasteiger partial charge in [0.1, 0.15) is 5.75 Å². The predicted octanol–water partition coefficient (Wildman–Crippen LogP) is 4.62. The predicted molar refractivity (Wildman–Crippen MR) is 89.7 cm³/mol. The molecule has 2 aromatic rings. The van der Waals surface area contributed by atoms with Gasteiger partial charge in [0.15, 0.2) is 6.61 Å². The number of ether oxygens (including phenoxy) is 1. The Morgan fingerprint density at radius 2 is 1.80 bits per heavy atom. The average molecular weight is 422 g/mol. The summed E-state index contributed by atoms with van der Waals surface area (Å²) in [4.78, 5) is 11.7. The fourth-order valence-electron chi connectivity index (χ4n) is 1.45. The molecule has 0 aliphatic heterocycles. The van der Waals surface area contributed by atoms with E-state index in [4.69, 9.17) is 27.9 Å². The number of hydrogen-bond acceptors (Lipinski definition) is 2. The van der Waals surface area contributed by atoms with Crippen LogP contribution in [0.4, 0.5) is 5.69 Å². The van der Waals surface area contributed by atoms with E-state index in [1.54, 1.807) is 18.2 Å². The number of halogens is 3. The first-order valence-electron chi connectivity index (χ1n) is 5.68. The monoisotopic (exact) mass is 421 g/mol. The molecule has 0 radical (unpaired) electrons. The van der Waals surface area contributed by atoms with Crippen LogP contribution in [-0.4, -0.2) is 12.5 Å². The molecule has 0 unspecified atom stereocenters. The van der Waals surface area contributed by atoms with Gasteiger partial charge in [0.2, 0.25) is 0 Å². The molecule has 0 aliphatic carbocycles. The first-order valence-corrected chi connectivity index (χ1v) is 7.51. The van der Waals surface area contributed by atoms with Gasteiger partial charge in [0.25, 0.3) is 5.91 Å². The molecule has 0 atom stereocenters. The number of hydrogen-bond donors (Lipinski definition) is 1. The lowest BCUT2D eigenvalue weighted by atomic mass is 10.3. The summed E-state index contributed by atoms with van der Waals surface area (Å²) in [6.45, 7) is -0.0686. The number of anilines is 1. The highest BCUT2D eigenvalue weighted by Crippen LogP contribution is 2.25. The van der Waals surface area contributed by atoms with Gasteiger partial charge in [-0.1, -0.05) is 23.2 Å². The molecule has 3 nitrogen and oxygen atoms in total.